The van der Waals surface area contributed by atoms with E-state index in [0.717, 1.165) is 44.9 Å². The van der Waals surface area contributed by atoms with Gasteiger partial charge in [0.25, 0.3) is 5.56 Å². The molecule has 2 saturated carbocycles. The van der Waals surface area contributed by atoms with Crippen LogP contribution in [0.25, 0.3) is 0 Å². The zero-order valence-corrected chi connectivity index (χ0v) is 17.6. The zero-order valence-electron chi connectivity index (χ0n) is 16.9. The molecule has 0 unspecified atom stereocenters. The van der Waals surface area contributed by atoms with E-state index in [2.05, 4.69) is 20.8 Å². The lowest BCUT2D eigenvalue weighted by Gasteiger charge is -2.32. The van der Waals surface area contributed by atoms with Gasteiger partial charge in [-0.05, 0) is 38.5 Å². The van der Waals surface area contributed by atoms with Crippen LogP contribution in [-0.2, 0) is 9.53 Å². The van der Waals surface area contributed by atoms with Crippen LogP contribution in [0, 0.1) is 5.92 Å². The Bertz CT molecular complexity index is 835. The molecule has 0 spiro atoms. The normalized spacial score (nSPS) is 26.7. The quantitative estimate of drug-likeness (QED) is 0.648. The Morgan fingerprint density at radius 1 is 1.10 bits per heavy atom. The van der Waals surface area contributed by atoms with Crippen LogP contribution >= 0.6 is 11.6 Å². The minimum Gasteiger partial charge on any atom is -0.444 e. The van der Waals surface area contributed by atoms with Crippen LogP contribution in [0.4, 0.5) is 10.5 Å². The van der Waals surface area contributed by atoms with E-state index in [9.17, 15) is 14.4 Å². The molecule has 9 nitrogen and oxygen atoms in total. The smallest absolute Gasteiger partial charge is 0.407 e. The predicted octanol–water partition coefficient (Wildman–Crippen LogP) is 1.96. The topological polar surface area (TPSA) is 116 Å². The van der Waals surface area contributed by atoms with Crippen LogP contribution in [0.2, 0.25) is 5.02 Å². The van der Waals surface area contributed by atoms with Crippen molar-refractivity contribution < 1.29 is 14.3 Å². The van der Waals surface area contributed by atoms with Gasteiger partial charge in [0.05, 0.1) is 18.4 Å². The lowest BCUT2D eigenvalue weighted by atomic mass is 9.84. The molecule has 2 aliphatic carbocycles. The maximum absolute atomic E-state index is 12.3. The summed E-state index contributed by atoms with van der Waals surface area (Å²) in [5, 5.41) is 12.3. The number of aromatic nitrogens is 2. The van der Waals surface area contributed by atoms with Gasteiger partial charge in [0.2, 0.25) is 5.91 Å². The van der Waals surface area contributed by atoms with Crippen molar-refractivity contribution >= 4 is 29.3 Å². The Morgan fingerprint density at radius 3 is 2.47 bits per heavy atom. The number of rotatable bonds is 5. The number of halogens is 1. The SMILES string of the molecule is O=C(NC1CCC(NC(=O)C2CCC2)CC1)O[C@@H]1CCN(c2cn[nH]c(=O)c2Cl)C1. The lowest BCUT2D eigenvalue weighted by molar-refractivity contribution is -0.128. The van der Waals surface area contributed by atoms with E-state index in [1.165, 1.54) is 6.20 Å². The molecule has 0 bridgehead atoms. The summed E-state index contributed by atoms with van der Waals surface area (Å²) in [7, 11) is 0. The number of anilines is 1. The highest BCUT2D eigenvalue weighted by molar-refractivity contribution is 6.33. The van der Waals surface area contributed by atoms with Crippen molar-refractivity contribution in [2.75, 3.05) is 18.0 Å². The fourth-order valence-electron chi connectivity index (χ4n) is 4.36. The molecule has 2 amide bonds. The third-order valence-electron chi connectivity index (χ3n) is 6.41. The maximum Gasteiger partial charge on any atom is 0.407 e. The molecule has 1 aromatic heterocycles. The van der Waals surface area contributed by atoms with E-state index in [1.54, 1.807) is 0 Å². The van der Waals surface area contributed by atoms with Gasteiger partial charge in [-0.1, -0.05) is 18.0 Å². The molecule has 10 heteroatoms. The van der Waals surface area contributed by atoms with Crippen molar-refractivity contribution in [1.29, 1.82) is 0 Å². The van der Waals surface area contributed by atoms with E-state index in [4.69, 9.17) is 16.3 Å². The van der Waals surface area contributed by atoms with Crippen molar-refractivity contribution in [3.05, 3.63) is 21.6 Å². The Hall–Kier alpha value is -2.29. The Morgan fingerprint density at radius 2 is 1.80 bits per heavy atom. The average molecular weight is 438 g/mol. The number of nitrogens with zero attached hydrogens (tertiary/aromatic N) is 2. The van der Waals surface area contributed by atoms with Gasteiger partial charge in [-0.15, -0.1) is 0 Å². The monoisotopic (exact) mass is 437 g/mol. The van der Waals surface area contributed by atoms with E-state index in [1.807, 2.05) is 4.90 Å². The number of carbonyl (C=O) groups is 2. The second kappa shape index (κ2) is 9.24. The number of aromatic amines is 1. The maximum atomic E-state index is 12.3. The third kappa shape index (κ3) is 4.88. The number of nitrogens with one attached hydrogen (secondary N) is 3. The molecule has 3 fully saturated rings. The van der Waals surface area contributed by atoms with Crippen molar-refractivity contribution in [3.63, 3.8) is 0 Å². The molecule has 1 atom stereocenters. The molecule has 1 aromatic rings. The van der Waals surface area contributed by atoms with Crippen molar-refractivity contribution in [1.82, 2.24) is 20.8 Å². The lowest BCUT2D eigenvalue weighted by Crippen LogP contribution is -2.46. The molecule has 0 aromatic carbocycles. The molecule has 3 aliphatic rings. The molecule has 1 aliphatic heterocycles. The number of carbonyl (C=O) groups excluding carboxylic acids is 2. The van der Waals surface area contributed by atoms with E-state index in [0.29, 0.717) is 25.2 Å². The van der Waals surface area contributed by atoms with Crippen molar-refractivity contribution in [2.45, 2.75) is 69.6 Å². The first-order valence-corrected chi connectivity index (χ1v) is 11.1. The second-order valence-electron chi connectivity index (χ2n) is 8.49. The fraction of sp³-hybridized carbons (Fsp3) is 0.700. The largest absolute Gasteiger partial charge is 0.444 e. The Kier molecular flexibility index (Phi) is 6.46. The van der Waals surface area contributed by atoms with Crippen LogP contribution in [0.1, 0.15) is 51.4 Å². The number of hydrogen-bond acceptors (Lipinski definition) is 6. The molecule has 164 valence electrons. The van der Waals surface area contributed by atoms with Gasteiger partial charge in [-0.2, -0.15) is 5.10 Å². The van der Waals surface area contributed by atoms with Gasteiger partial charge >= 0.3 is 6.09 Å². The van der Waals surface area contributed by atoms with Crippen LogP contribution in [0.3, 0.4) is 0 Å². The Balaban J connectivity index is 1.18. The molecule has 2 heterocycles. The van der Waals surface area contributed by atoms with Gasteiger partial charge in [0.1, 0.15) is 11.1 Å². The summed E-state index contributed by atoms with van der Waals surface area (Å²) in [6.07, 6.45) is 8.06. The summed E-state index contributed by atoms with van der Waals surface area (Å²) < 4.78 is 5.57. The molecule has 1 saturated heterocycles. The number of amides is 2. The van der Waals surface area contributed by atoms with Gasteiger partial charge in [-0.3, -0.25) is 9.59 Å². The van der Waals surface area contributed by atoms with Gasteiger partial charge in [0, 0.05) is 31.0 Å². The predicted molar refractivity (Wildman–Crippen MR) is 112 cm³/mol. The molecule has 30 heavy (non-hydrogen) atoms. The molecule has 4 rings (SSSR count). The van der Waals surface area contributed by atoms with Gasteiger partial charge in [-0.25, -0.2) is 9.89 Å². The number of hydrogen-bond donors (Lipinski definition) is 3. The minimum atomic E-state index is -0.434. The van der Waals surface area contributed by atoms with Gasteiger partial charge < -0.3 is 20.3 Å². The standard InChI is InChI=1S/C20H28ClN5O4/c21-17-16(10-22-25-19(17)28)26-9-8-15(11-26)30-20(29)24-14-6-4-13(5-7-14)23-18(27)12-2-1-3-12/h10,12-15H,1-9,11H2,(H,23,27)(H,24,29)(H,25,28)/t13?,14?,15-/m1/s1. The summed E-state index contributed by atoms with van der Waals surface area (Å²) in [6.45, 7) is 1.10. The molecule has 0 radical (unpaired) electrons. The van der Waals surface area contributed by atoms with Crippen LogP contribution in [0.5, 0.6) is 0 Å². The average Bonchev–Trinajstić information content (AvgIpc) is 3.12. The third-order valence-corrected chi connectivity index (χ3v) is 6.77. The fourth-order valence-corrected chi connectivity index (χ4v) is 4.57. The second-order valence-corrected chi connectivity index (χ2v) is 8.87. The van der Waals surface area contributed by atoms with E-state index >= 15 is 0 Å². The van der Waals surface area contributed by atoms with Gasteiger partial charge in [0.15, 0.2) is 0 Å². The number of H-pyrrole nitrogens is 1. The Labute approximate surface area is 179 Å². The summed E-state index contributed by atoms with van der Waals surface area (Å²) in [5.74, 6) is 0.403. The zero-order chi connectivity index (χ0) is 21.1. The van der Waals surface area contributed by atoms with Crippen LogP contribution < -0.4 is 21.1 Å². The summed E-state index contributed by atoms with van der Waals surface area (Å²) >= 11 is 6.06. The van der Waals surface area contributed by atoms with E-state index < -0.39 is 11.7 Å². The minimum absolute atomic E-state index is 0.0678. The van der Waals surface area contributed by atoms with Crippen LogP contribution in [0.15, 0.2) is 11.0 Å². The van der Waals surface area contributed by atoms with Crippen molar-refractivity contribution in [3.8, 4) is 0 Å². The molecule has 3 N–H and O–H groups in total. The summed E-state index contributed by atoms with van der Waals surface area (Å²) in [4.78, 5) is 37.9. The summed E-state index contributed by atoms with van der Waals surface area (Å²) in [5.41, 5.74) is 0.116. The van der Waals surface area contributed by atoms with Crippen molar-refractivity contribution in [2.24, 2.45) is 5.92 Å². The highest BCUT2D eigenvalue weighted by Crippen LogP contribution is 2.28. The first-order valence-electron chi connectivity index (χ1n) is 10.7. The first kappa shape index (κ1) is 21.0. The van der Waals surface area contributed by atoms with E-state index in [-0.39, 0.29) is 35.0 Å². The van der Waals surface area contributed by atoms with Crippen LogP contribution in [-0.4, -0.2) is 53.5 Å². The number of alkyl carbamates (subject to hydrolysis) is 1. The first-order chi connectivity index (χ1) is 14.5. The molecular formula is C20H28ClN5O4. The molecular weight excluding hydrogens is 410 g/mol. The highest BCUT2D eigenvalue weighted by atomic mass is 35.5. The number of ether oxygens (including phenoxy) is 1. The summed E-state index contributed by atoms with van der Waals surface area (Å²) in [6, 6.07) is 0.279. The highest BCUT2D eigenvalue weighted by Gasteiger charge is 2.31.